The minimum absolute atomic E-state index is 0.128. The topological polar surface area (TPSA) is 64.0 Å². The van der Waals surface area contributed by atoms with Crippen molar-refractivity contribution < 1.29 is 4.79 Å². The van der Waals surface area contributed by atoms with E-state index >= 15 is 0 Å². The van der Waals surface area contributed by atoms with Gasteiger partial charge >= 0.3 is 0 Å². The van der Waals surface area contributed by atoms with Crippen LogP contribution in [-0.4, -0.2) is 22.2 Å². The number of rotatable bonds is 6. The standard InChI is InChI=1S/C14H15N3O2S/c18-13(7-6-12-4-2-11-20-12)15-8-3-10-17-14(19)5-1-9-16-17/h1-2,4-7,9,11H,3,8,10H2,(H,15,18)/b7-6+. The van der Waals surface area contributed by atoms with Gasteiger partial charge < -0.3 is 5.32 Å². The molecule has 2 aromatic heterocycles. The lowest BCUT2D eigenvalue weighted by atomic mass is 10.3. The Balaban J connectivity index is 1.70. The van der Waals surface area contributed by atoms with Crippen molar-refractivity contribution in [2.45, 2.75) is 13.0 Å². The van der Waals surface area contributed by atoms with Crippen LogP contribution in [0.25, 0.3) is 6.08 Å². The average Bonchev–Trinajstić information content (AvgIpc) is 2.96. The molecule has 0 saturated heterocycles. The molecule has 6 heteroatoms. The molecule has 2 rings (SSSR count). The number of amides is 1. The predicted molar refractivity (Wildman–Crippen MR) is 79.5 cm³/mol. The molecule has 0 unspecified atom stereocenters. The Kier molecular flexibility index (Phi) is 5.25. The molecule has 0 radical (unpaired) electrons. The monoisotopic (exact) mass is 289 g/mol. The van der Waals surface area contributed by atoms with E-state index in [2.05, 4.69) is 10.4 Å². The zero-order valence-electron chi connectivity index (χ0n) is 10.9. The third-order valence-corrected chi connectivity index (χ3v) is 3.41. The molecule has 20 heavy (non-hydrogen) atoms. The van der Waals surface area contributed by atoms with Gasteiger partial charge in [0.25, 0.3) is 5.56 Å². The van der Waals surface area contributed by atoms with E-state index in [-0.39, 0.29) is 11.5 Å². The van der Waals surface area contributed by atoms with Crippen molar-refractivity contribution in [3.63, 3.8) is 0 Å². The molecule has 0 aliphatic rings. The van der Waals surface area contributed by atoms with Gasteiger partial charge in [-0.2, -0.15) is 5.10 Å². The van der Waals surface area contributed by atoms with E-state index in [1.165, 1.54) is 16.8 Å². The molecule has 0 fully saturated rings. The molecule has 0 aliphatic heterocycles. The van der Waals surface area contributed by atoms with Crippen molar-refractivity contribution in [1.82, 2.24) is 15.1 Å². The first kappa shape index (κ1) is 14.2. The highest BCUT2D eigenvalue weighted by Gasteiger charge is 1.97. The quantitative estimate of drug-likeness (QED) is 0.648. The van der Waals surface area contributed by atoms with Gasteiger partial charge in [-0.1, -0.05) is 6.07 Å². The number of hydrogen-bond acceptors (Lipinski definition) is 4. The molecule has 1 N–H and O–H groups in total. The van der Waals surface area contributed by atoms with Crippen LogP contribution in [0.3, 0.4) is 0 Å². The van der Waals surface area contributed by atoms with Gasteiger partial charge in [-0.25, -0.2) is 4.68 Å². The number of thiophene rings is 1. The molecular weight excluding hydrogens is 274 g/mol. The van der Waals surface area contributed by atoms with E-state index in [1.54, 1.807) is 29.7 Å². The second-order valence-corrected chi connectivity index (χ2v) is 5.06. The Hall–Kier alpha value is -2.21. The maximum Gasteiger partial charge on any atom is 0.266 e. The van der Waals surface area contributed by atoms with Crippen molar-refractivity contribution in [2.75, 3.05) is 6.54 Å². The molecular formula is C14H15N3O2S. The molecule has 0 bridgehead atoms. The van der Waals surface area contributed by atoms with Crippen molar-refractivity contribution in [1.29, 1.82) is 0 Å². The van der Waals surface area contributed by atoms with E-state index in [4.69, 9.17) is 0 Å². The highest BCUT2D eigenvalue weighted by atomic mass is 32.1. The lowest BCUT2D eigenvalue weighted by Gasteiger charge is -2.04. The summed E-state index contributed by atoms with van der Waals surface area (Å²) in [6.45, 7) is 1.01. The smallest absolute Gasteiger partial charge is 0.266 e. The minimum atomic E-state index is -0.133. The maximum absolute atomic E-state index is 11.5. The molecule has 2 heterocycles. The Morgan fingerprint density at radius 2 is 2.30 bits per heavy atom. The predicted octanol–water partition coefficient (Wildman–Crippen LogP) is 1.52. The largest absolute Gasteiger partial charge is 0.352 e. The second-order valence-electron chi connectivity index (χ2n) is 4.08. The normalized spacial score (nSPS) is 10.8. The number of carbonyl (C=O) groups excluding carboxylic acids is 1. The van der Waals surface area contributed by atoms with Crippen molar-refractivity contribution in [2.24, 2.45) is 0 Å². The number of carbonyl (C=O) groups is 1. The van der Waals surface area contributed by atoms with Gasteiger partial charge in [-0.15, -0.1) is 11.3 Å². The Labute approximate surface area is 120 Å². The first-order valence-electron chi connectivity index (χ1n) is 6.27. The van der Waals surface area contributed by atoms with E-state index in [0.717, 1.165) is 4.88 Å². The molecule has 0 atom stereocenters. The summed E-state index contributed by atoms with van der Waals surface area (Å²) in [6, 6.07) is 6.96. The summed E-state index contributed by atoms with van der Waals surface area (Å²) in [5, 5.41) is 8.67. The Morgan fingerprint density at radius 3 is 3.05 bits per heavy atom. The van der Waals surface area contributed by atoms with Crippen LogP contribution in [-0.2, 0) is 11.3 Å². The van der Waals surface area contributed by atoms with Gasteiger partial charge in [0, 0.05) is 36.3 Å². The fourth-order valence-corrected chi connectivity index (χ4v) is 2.22. The summed E-state index contributed by atoms with van der Waals surface area (Å²) in [5.41, 5.74) is -0.128. The lowest BCUT2D eigenvalue weighted by Crippen LogP contribution is -2.26. The summed E-state index contributed by atoms with van der Waals surface area (Å²) >= 11 is 1.58. The van der Waals surface area contributed by atoms with Crippen molar-refractivity contribution in [3.8, 4) is 0 Å². The van der Waals surface area contributed by atoms with Crippen LogP contribution in [0.15, 0.2) is 46.7 Å². The van der Waals surface area contributed by atoms with Crippen LogP contribution < -0.4 is 10.9 Å². The van der Waals surface area contributed by atoms with Gasteiger partial charge in [-0.05, 0) is 30.0 Å². The summed E-state index contributed by atoms with van der Waals surface area (Å²) in [6.07, 6.45) is 5.53. The highest BCUT2D eigenvalue weighted by Crippen LogP contribution is 2.09. The number of aryl methyl sites for hydroxylation is 1. The van der Waals surface area contributed by atoms with Crippen molar-refractivity contribution in [3.05, 3.63) is 57.1 Å². The van der Waals surface area contributed by atoms with E-state index in [9.17, 15) is 9.59 Å². The van der Waals surface area contributed by atoms with E-state index < -0.39 is 0 Å². The van der Waals surface area contributed by atoms with Crippen molar-refractivity contribution >= 4 is 23.3 Å². The summed E-state index contributed by atoms with van der Waals surface area (Å²) in [7, 11) is 0. The molecule has 5 nitrogen and oxygen atoms in total. The average molecular weight is 289 g/mol. The maximum atomic E-state index is 11.5. The fraction of sp³-hybridized carbons (Fsp3) is 0.214. The third-order valence-electron chi connectivity index (χ3n) is 2.57. The summed E-state index contributed by atoms with van der Waals surface area (Å²) < 4.78 is 1.38. The van der Waals surface area contributed by atoms with Gasteiger partial charge in [0.15, 0.2) is 0 Å². The van der Waals surface area contributed by atoms with E-state index in [1.807, 2.05) is 17.5 Å². The number of nitrogens with one attached hydrogen (secondary N) is 1. The van der Waals surface area contributed by atoms with Crippen LogP contribution in [0.1, 0.15) is 11.3 Å². The molecule has 0 aromatic carbocycles. The zero-order chi connectivity index (χ0) is 14.2. The van der Waals surface area contributed by atoms with Crippen LogP contribution >= 0.6 is 11.3 Å². The minimum Gasteiger partial charge on any atom is -0.352 e. The number of aromatic nitrogens is 2. The Morgan fingerprint density at radius 1 is 1.40 bits per heavy atom. The molecule has 104 valence electrons. The first-order chi connectivity index (χ1) is 9.75. The fourth-order valence-electron chi connectivity index (χ4n) is 1.60. The Bertz CT molecular complexity index is 632. The molecule has 2 aromatic rings. The van der Waals surface area contributed by atoms with Crippen LogP contribution in [0, 0.1) is 0 Å². The summed E-state index contributed by atoms with van der Waals surface area (Å²) in [4.78, 5) is 24.0. The van der Waals surface area contributed by atoms with Gasteiger partial charge in [0.1, 0.15) is 0 Å². The van der Waals surface area contributed by atoms with Gasteiger partial charge in [-0.3, -0.25) is 9.59 Å². The van der Waals surface area contributed by atoms with Crippen LogP contribution in [0.2, 0.25) is 0 Å². The summed E-state index contributed by atoms with van der Waals surface area (Å²) in [5.74, 6) is -0.133. The highest BCUT2D eigenvalue weighted by molar-refractivity contribution is 7.10. The van der Waals surface area contributed by atoms with Crippen LogP contribution in [0.5, 0.6) is 0 Å². The lowest BCUT2D eigenvalue weighted by molar-refractivity contribution is -0.116. The molecule has 1 amide bonds. The molecule has 0 saturated carbocycles. The molecule has 0 aliphatic carbocycles. The van der Waals surface area contributed by atoms with E-state index in [0.29, 0.717) is 19.5 Å². The second kappa shape index (κ2) is 7.40. The zero-order valence-corrected chi connectivity index (χ0v) is 11.7. The first-order valence-corrected chi connectivity index (χ1v) is 7.15. The number of nitrogens with zero attached hydrogens (tertiary/aromatic N) is 2. The molecule has 0 spiro atoms. The van der Waals surface area contributed by atoms with Crippen LogP contribution in [0.4, 0.5) is 0 Å². The number of hydrogen-bond donors (Lipinski definition) is 1. The SMILES string of the molecule is O=C(/C=C/c1cccs1)NCCCn1ncccc1=O. The van der Waals surface area contributed by atoms with Gasteiger partial charge in [0.05, 0.1) is 0 Å². The third kappa shape index (κ3) is 4.47. The van der Waals surface area contributed by atoms with Gasteiger partial charge in [0.2, 0.25) is 5.91 Å².